The summed E-state index contributed by atoms with van der Waals surface area (Å²) in [5.74, 6) is -0.118. The predicted octanol–water partition coefficient (Wildman–Crippen LogP) is 2.36. The second-order valence-corrected chi connectivity index (χ2v) is 5.52. The van der Waals surface area contributed by atoms with E-state index in [1.165, 1.54) is 38.3 Å². The van der Waals surface area contributed by atoms with Crippen LogP contribution in [0, 0.1) is 5.41 Å². The Bertz CT molecular complexity index is 425. The van der Waals surface area contributed by atoms with E-state index in [9.17, 15) is 4.79 Å². The molecular formula is C14H21N3O. The van der Waals surface area contributed by atoms with E-state index in [-0.39, 0.29) is 11.3 Å². The summed E-state index contributed by atoms with van der Waals surface area (Å²) in [6.45, 7) is 2.97. The van der Waals surface area contributed by atoms with Crippen LogP contribution in [0.1, 0.15) is 49.4 Å². The number of hydrogen-bond acceptors (Lipinski definition) is 3. The number of carbonyl (C=O) groups excluding carboxylic acids is 1. The zero-order valence-electron chi connectivity index (χ0n) is 10.9. The van der Waals surface area contributed by atoms with Gasteiger partial charge in [-0.3, -0.25) is 9.78 Å². The Balaban J connectivity index is 1.94. The number of aromatic nitrogens is 1. The van der Waals surface area contributed by atoms with E-state index < -0.39 is 0 Å². The number of pyridine rings is 1. The third kappa shape index (κ3) is 3.00. The molecule has 1 aromatic heterocycles. The number of nitrogens with two attached hydrogens (primary N) is 1. The Hall–Kier alpha value is -1.58. The highest BCUT2D eigenvalue weighted by Gasteiger charge is 2.27. The van der Waals surface area contributed by atoms with E-state index in [1.807, 2.05) is 0 Å². The van der Waals surface area contributed by atoms with Crippen molar-refractivity contribution in [3.05, 3.63) is 24.0 Å². The highest BCUT2D eigenvalue weighted by molar-refractivity contribution is 5.98. The fraction of sp³-hybridized carbons (Fsp3) is 0.571. The highest BCUT2D eigenvalue weighted by Crippen LogP contribution is 2.34. The van der Waals surface area contributed by atoms with E-state index in [2.05, 4.69) is 17.2 Å². The van der Waals surface area contributed by atoms with Gasteiger partial charge in [0.05, 0.1) is 5.56 Å². The molecule has 0 atom stereocenters. The zero-order chi connectivity index (χ0) is 13.0. The van der Waals surface area contributed by atoms with Crippen molar-refractivity contribution in [2.45, 2.75) is 39.0 Å². The SMILES string of the molecule is CC1(CNC(=O)c2cnccc2N)CCCCC1. The van der Waals surface area contributed by atoms with Crippen LogP contribution in [-0.2, 0) is 0 Å². The molecule has 3 N–H and O–H groups in total. The van der Waals surface area contributed by atoms with Gasteiger partial charge >= 0.3 is 0 Å². The number of hydrogen-bond donors (Lipinski definition) is 2. The second-order valence-electron chi connectivity index (χ2n) is 5.52. The largest absolute Gasteiger partial charge is 0.398 e. The quantitative estimate of drug-likeness (QED) is 0.861. The van der Waals surface area contributed by atoms with Crippen LogP contribution in [0.25, 0.3) is 0 Å². The lowest BCUT2D eigenvalue weighted by atomic mass is 9.76. The van der Waals surface area contributed by atoms with Gasteiger partial charge in [0.15, 0.2) is 0 Å². The number of anilines is 1. The Morgan fingerprint density at radius 2 is 2.17 bits per heavy atom. The summed E-state index contributed by atoms with van der Waals surface area (Å²) in [5.41, 5.74) is 6.96. The molecule has 4 nitrogen and oxygen atoms in total. The number of rotatable bonds is 3. The summed E-state index contributed by atoms with van der Waals surface area (Å²) in [5, 5.41) is 2.99. The summed E-state index contributed by atoms with van der Waals surface area (Å²) in [6, 6.07) is 1.65. The Labute approximate surface area is 108 Å². The van der Waals surface area contributed by atoms with Gasteiger partial charge in [-0.25, -0.2) is 0 Å². The maximum absolute atomic E-state index is 12.0. The van der Waals surface area contributed by atoms with Gasteiger partial charge in [-0.05, 0) is 24.3 Å². The smallest absolute Gasteiger partial charge is 0.254 e. The molecule has 2 rings (SSSR count). The predicted molar refractivity (Wildman–Crippen MR) is 72.2 cm³/mol. The molecule has 1 amide bonds. The van der Waals surface area contributed by atoms with Crippen LogP contribution < -0.4 is 11.1 Å². The van der Waals surface area contributed by atoms with Gasteiger partial charge in [-0.15, -0.1) is 0 Å². The molecule has 0 radical (unpaired) electrons. The molecule has 0 saturated heterocycles. The number of nitrogens with one attached hydrogen (secondary N) is 1. The van der Waals surface area contributed by atoms with Gasteiger partial charge in [0.25, 0.3) is 5.91 Å². The fourth-order valence-corrected chi connectivity index (χ4v) is 2.57. The average molecular weight is 247 g/mol. The third-order valence-electron chi connectivity index (χ3n) is 3.84. The molecule has 0 spiro atoms. The fourth-order valence-electron chi connectivity index (χ4n) is 2.57. The van der Waals surface area contributed by atoms with Crippen LogP contribution in [0.5, 0.6) is 0 Å². The molecule has 1 aliphatic rings. The molecule has 1 aromatic rings. The molecule has 98 valence electrons. The van der Waals surface area contributed by atoms with Crippen molar-refractivity contribution in [1.29, 1.82) is 0 Å². The molecule has 18 heavy (non-hydrogen) atoms. The summed E-state index contributed by atoms with van der Waals surface area (Å²) in [7, 11) is 0. The van der Waals surface area contributed by atoms with Gasteiger partial charge < -0.3 is 11.1 Å². The van der Waals surface area contributed by atoms with Gasteiger partial charge in [0.1, 0.15) is 0 Å². The van der Waals surface area contributed by atoms with Gasteiger partial charge in [0.2, 0.25) is 0 Å². The van der Waals surface area contributed by atoms with E-state index in [4.69, 9.17) is 5.73 Å². The highest BCUT2D eigenvalue weighted by atomic mass is 16.1. The summed E-state index contributed by atoms with van der Waals surface area (Å²) in [4.78, 5) is 16.0. The maximum Gasteiger partial charge on any atom is 0.254 e. The molecule has 4 heteroatoms. The van der Waals surface area contributed by atoms with Gasteiger partial charge in [-0.2, -0.15) is 0 Å². The van der Waals surface area contributed by atoms with Gasteiger partial charge in [0, 0.05) is 24.6 Å². The van der Waals surface area contributed by atoms with Gasteiger partial charge in [-0.1, -0.05) is 26.2 Å². The first kappa shape index (κ1) is 12.9. The van der Waals surface area contributed by atoms with E-state index >= 15 is 0 Å². The summed E-state index contributed by atoms with van der Waals surface area (Å²) < 4.78 is 0. The van der Waals surface area contributed by atoms with Crippen molar-refractivity contribution in [2.24, 2.45) is 5.41 Å². The second kappa shape index (κ2) is 5.38. The molecule has 0 unspecified atom stereocenters. The van der Waals surface area contributed by atoms with Crippen LogP contribution >= 0.6 is 0 Å². The number of amides is 1. The summed E-state index contributed by atoms with van der Waals surface area (Å²) >= 11 is 0. The van der Waals surface area contributed by atoms with Crippen LogP contribution in [0.2, 0.25) is 0 Å². The Kier molecular flexibility index (Phi) is 3.84. The van der Waals surface area contributed by atoms with Crippen molar-refractivity contribution < 1.29 is 4.79 Å². The normalized spacial score (nSPS) is 18.3. The number of nitrogens with zero attached hydrogens (tertiary/aromatic N) is 1. The molecule has 1 fully saturated rings. The van der Waals surface area contributed by atoms with Crippen LogP contribution in [0.4, 0.5) is 5.69 Å². The van der Waals surface area contributed by atoms with Crippen molar-refractivity contribution >= 4 is 11.6 Å². The van der Waals surface area contributed by atoms with Crippen molar-refractivity contribution in [3.63, 3.8) is 0 Å². The molecule has 0 aliphatic heterocycles. The topological polar surface area (TPSA) is 68.0 Å². The monoisotopic (exact) mass is 247 g/mol. The Morgan fingerprint density at radius 3 is 2.83 bits per heavy atom. The van der Waals surface area contributed by atoms with Crippen molar-refractivity contribution in [2.75, 3.05) is 12.3 Å². The summed E-state index contributed by atoms with van der Waals surface area (Å²) in [6.07, 6.45) is 9.34. The Morgan fingerprint density at radius 1 is 1.44 bits per heavy atom. The van der Waals surface area contributed by atoms with Crippen molar-refractivity contribution in [1.82, 2.24) is 10.3 Å². The van der Waals surface area contributed by atoms with Crippen LogP contribution in [0.15, 0.2) is 18.5 Å². The first-order chi connectivity index (χ1) is 8.61. The van der Waals surface area contributed by atoms with E-state index in [0.717, 1.165) is 6.54 Å². The van der Waals surface area contributed by atoms with Crippen molar-refractivity contribution in [3.8, 4) is 0 Å². The average Bonchev–Trinajstić information content (AvgIpc) is 2.38. The van der Waals surface area contributed by atoms with Crippen LogP contribution in [-0.4, -0.2) is 17.4 Å². The standard InChI is InChI=1S/C14H21N3O/c1-14(6-3-2-4-7-14)10-17-13(18)11-9-16-8-5-12(11)15/h5,8-9H,2-4,6-7,10H2,1H3,(H2,15,16)(H,17,18). The molecule has 1 heterocycles. The van der Waals surface area contributed by atoms with E-state index in [1.54, 1.807) is 12.3 Å². The number of nitrogen functional groups attached to an aromatic ring is 1. The first-order valence-electron chi connectivity index (χ1n) is 6.58. The lowest BCUT2D eigenvalue weighted by Crippen LogP contribution is -2.37. The minimum absolute atomic E-state index is 0.118. The molecule has 0 bridgehead atoms. The minimum atomic E-state index is -0.118. The lowest BCUT2D eigenvalue weighted by Gasteiger charge is -2.33. The number of carbonyl (C=O) groups is 1. The molecule has 1 aliphatic carbocycles. The molecule has 0 aromatic carbocycles. The minimum Gasteiger partial charge on any atom is -0.398 e. The third-order valence-corrected chi connectivity index (χ3v) is 3.84. The zero-order valence-corrected chi connectivity index (χ0v) is 10.9. The lowest BCUT2D eigenvalue weighted by molar-refractivity contribution is 0.0919. The maximum atomic E-state index is 12.0. The first-order valence-corrected chi connectivity index (χ1v) is 6.58. The molecule has 1 saturated carbocycles. The van der Waals surface area contributed by atoms with E-state index in [0.29, 0.717) is 11.3 Å². The molecular weight excluding hydrogens is 226 g/mol. The van der Waals surface area contributed by atoms with Crippen LogP contribution in [0.3, 0.4) is 0 Å².